The predicted octanol–water partition coefficient (Wildman–Crippen LogP) is 4.06. The average molecular weight is 307 g/mol. The third-order valence-electron chi connectivity index (χ3n) is 2.86. The molecule has 0 amide bonds. The summed E-state index contributed by atoms with van der Waals surface area (Å²) < 4.78 is 14.1. The SMILES string of the molecule is CCCNCc1nnc(-c2cc3ccc(F)cc3s2)s1. The number of nitrogens with zero attached hydrogens (tertiary/aromatic N) is 2. The van der Waals surface area contributed by atoms with Gasteiger partial charge in [0, 0.05) is 11.2 Å². The molecule has 1 N–H and O–H groups in total. The predicted molar refractivity (Wildman–Crippen MR) is 82.7 cm³/mol. The molecule has 0 spiro atoms. The number of hydrogen-bond donors (Lipinski definition) is 1. The van der Waals surface area contributed by atoms with E-state index in [0.29, 0.717) is 0 Å². The van der Waals surface area contributed by atoms with E-state index in [4.69, 9.17) is 0 Å². The van der Waals surface area contributed by atoms with Crippen LogP contribution in [0.5, 0.6) is 0 Å². The van der Waals surface area contributed by atoms with Gasteiger partial charge in [0.2, 0.25) is 0 Å². The van der Waals surface area contributed by atoms with Gasteiger partial charge in [-0.05, 0) is 36.6 Å². The monoisotopic (exact) mass is 307 g/mol. The van der Waals surface area contributed by atoms with Crippen LogP contribution in [-0.4, -0.2) is 16.7 Å². The highest BCUT2D eigenvalue weighted by Crippen LogP contribution is 2.35. The van der Waals surface area contributed by atoms with E-state index in [1.807, 2.05) is 6.07 Å². The number of hydrogen-bond acceptors (Lipinski definition) is 5. The summed E-state index contributed by atoms with van der Waals surface area (Å²) in [7, 11) is 0. The third-order valence-corrected chi connectivity index (χ3v) is 5.05. The summed E-state index contributed by atoms with van der Waals surface area (Å²) in [6.45, 7) is 3.87. The first-order valence-corrected chi connectivity index (χ1v) is 8.12. The number of thiophene rings is 1. The van der Waals surface area contributed by atoms with Gasteiger partial charge in [0.05, 0.1) is 4.88 Å². The molecule has 0 aliphatic heterocycles. The van der Waals surface area contributed by atoms with Crippen molar-refractivity contribution in [2.45, 2.75) is 19.9 Å². The topological polar surface area (TPSA) is 37.8 Å². The zero-order valence-corrected chi connectivity index (χ0v) is 12.7. The first kappa shape index (κ1) is 13.6. The van der Waals surface area contributed by atoms with Crippen LogP contribution in [0.3, 0.4) is 0 Å². The van der Waals surface area contributed by atoms with Crippen LogP contribution < -0.4 is 5.32 Å². The molecule has 1 aromatic carbocycles. The molecule has 3 aromatic rings. The van der Waals surface area contributed by atoms with E-state index in [9.17, 15) is 4.39 Å². The molecule has 2 aromatic heterocycles. The lowest BCUT2D eigenvalue weighted by molar-refractivity contribution is 0.630. The van der Waals surface area contributed by atoms with E-state index in [0.717, 1.165) is 44.5 Å². The van der Waals surface area contributed by atoms with E-state index in [-0.39, 0.29) is 5.82 Å². The van der Waals surface area contributed by atoms with Gasteiger partial charge in [0.25, 0.3) is 0 Å². The van der Waals surface area contributed by atoms with Gasteiger partial charge in [0.15, 0.2) is 5.01 Å². The Balaban J connectivity index is 1.83. The average Bonchev–Trinajstić information content (AvgIpc) is 3.04. The lowest BCUT2D eigenvalue weighted by Gasteiger charge is -1.96. The summed E-state index contributed by atoms with van der Waals surface area (Å²) in [5.41, 5.74) is 0. The Labute approximate surface area is 124 Å². The molecule has 0 saturated carbocycles. The quantitative estimate of drug-likeness (QED) is 0.722. The summed E-state index contributed by atoms with van der Waals surface area (Å²) in [4.78, 5) is 1.05. The highest BCUT2D eigenvalue weighted by Gasteiger charge is 2.10. The Morgan fingerprint density at radius 1 is 1.20 bits per heavy atom. The normalized spacial score (nSPS) is 11.3. The van der Waals surface area contributed by atoms with Gasteiger partial charge in [-0.1, -0.05) is 24.3 Å². The van der Waals surface area contributed by atoms with Crippen molar-refractivity contribution < 1.29 is 4.39 Å². The van der Waals surface area contributed by atoms with Crippen LogP contribution in [0.1, 0.15) is 18.4 Å². The van der Waals surface area contributed by atoms with Crippen molar-refractivity contribution in [3.05, 3.63) is 35.1 Å². The zero-order valence-electron chi connectivity index (χ0n) is 11.0. The van der Waals surface area contributed by atoms with Crippen LogP contribution in [-0.2, 0) is 6.54 Å². The van der Waals surface area contributed by atoms with Gasteiger partial charge >= 0.3 is 0 Å². The maximum absolute atomic E-state index is 13.2. The Bertz CT molecular complexity index is 720. The molecule has 2 heterocycles. The van der Waals surface area contributed by atoms with Crippen molar-refractivity contribution in [2.75, 3.05) is 6.54 Å². The molecule has 0 aliphatic carbocycles. The smallest absolute Gasteiger partial charge is 0.157 e. The van der Waals surface area contributed by atoms with Crippen molar-refractivity contribution in [3.8, 4) is 9.88 Å². The number of rotatable bonds is 5. The standard InChI is InChI=1S/C14H14FN3S2/c1-2-5-16-8-13-17-18-14(20-13)12-6-9-3-4-10(15)7-11(9)19-12/h3-4,6-7,16H,2,5,8H2,1H3. The van der Waals surface area contributed by atoms with Crippen molar-refractivity contribution in [1.82, 2.24) is 15.5 Å². The number of aromatic nitrogens is 2. The van der Waals surface area contributed by atoms with E-state index in [2.05, 4.69) is 22.4 Å². The van der Waals surface area contributed by atoms with Crippen LogP contribution >= 0.6 is 22.7 Å². The maximum Gasteiger partial charge on any atom is 0.157 e. The molecule has 20 heavy (non-hydrogen) atoms. The van der Waals surface area contributed by atoms with E-state index < -0.39 is 0 Å². The number of halogens is 1. The molecule has 0 radical (unpaired) electrons. The van der Waals surface area contributed by atoms with Gasteiger partial charge in [-0.2, -0.15) is 0 Å². The minimum Gasteiger partial charge on any atom is -0.310 e. The van der Waals surface area contributed by atoms with E-state index in [1.165, 1.54) is 6.07 Å². The molecule has 0 unspecified atom stereocenters. The largest absolute Gasteiger partial charge is 0.310 e. The summed E-state index contributed by atoms with van der Waals surface area (Å²) >= 11 is 3.14. The second-order valence-electron chi connectivity index (χ2n) is 4.47. The molecule has 3 nitrogen and oxygen atoms in total. The highest BCUT2D eigenvalue weighted by atomic mass is 32.1. The van der Waals surface area contributed by atoms with Gasteiger partial charge < -0.3 is 5.32 Å². The first-order valence-electron chi connectivity index (χ1n) is 6.49. The van der Waals surface area contributed by atoms with E-state index >= 15 is 0 Å². The molecule has 6 heteroatoms. The lowest BCUT2D eigenvalue weighted by Crippen LogP contribution is -2.13. The molecule has 0 bridgehead atoms. The summed E-state index contributed by atoms with van der Waals surface area (Å²) in [5.74, 6) is -0.201. The fraction of sp³-hybridized carbons (Fsp3) is 0.286. The summed E-state index contributed by atoms with van der Waals surface area (Å²) in [5, 5.41) is 14.7. The summed E-state index contributed by atoms with van der Waals surface area (Å²) in [6, 6.07) is 6.89. The molecular formula is C14H14FN3S2. The van der Waals surface area contributed by atoms with Crippen molar-refractivity contribution in [3.63, 3.8) is 0 Å². The molecule has 0 saturated heterocycles. The minimum atomic E-state index is -0.201. The Kier molecular flexibility index (Phi) is 4.05. The van der Waals surface area contributed by atoms with Crippen LogP contribution in [0.25, 0.3) is 20.0 Å². The maximum atomic E-state index is 13.2. The second kappa shape index (κ2) is 5.95. The Hall–Kier alpha value is -1.37. The molecule has 0 fully saturated rings. The van der Waals surface area contributed by atoms with Crippen molar-refractivity contribution >= 4 is 32.8 Å². The molecular weight excluding hydrogens is 293 g/mol. The fourth-order valence-corrected chi connectivity index (χ4v) is 3.84. The van der Waals surface area contributed by atoms with Gasteiger partial charge in [-0.15, -0.1) is 21.5 Å². The van der Waals surface area contributed by atoms with Crippen LogP contribution in [0, 0.1) is 5.82 Å². The number of nitrogens with one attached hydrogen (secondary N) is 1. The molecule has 104 valence electrons. The number of fused-ring (bicyclic) bond motifs is 1. The third kappa shape index (κ3) is 2.87. The molecule has 3 rings (SSSR count). The Morgan fingerprint density at radius 3 is 2.95 bits per heavy atom. The first-order chi connectivity index (χ1) is 9.76. The van der Waals surface area contributed by atoms with Gasteiger partial charge in [-0.25, -0.2) is 4.39 Å². The highest BCUT2D eigenvalue weighted by molar-refractivity contribution is 7.25. The van der Waals surface area contributed by atoms with Crippen molar-refractivity contribution in [2.24, 2.45) is 0 Å². The van der Waals surface area contributed by atoms with Crippen LogP contribution in [0.15, 0.2) is 24.3 Å². The minimum absolute atomic E-state index is 0.201. The molecule has 0 atom stereocenters. The van der Waals surface area contributed by atoms with Gasteiger partial charge in [-0.3, -0.25) is 0 Å². The second-order valence-corrected chi connectivity index (χ2v) is 6.62. The fourth-order valence-electron chi connectivity index (χ4n) is 1.91. The molecule has 0 aliphatic rings. The summed E-state index contributed by atoms with van der Waals surface area (Å²) in [6.07, 6.45) is 1.10. The van der Waals surface area contributed by atoms with Crippen molar-refractivity contribution in [1.29, 1.82) is 0 Å². The number of benzene rings is 1. The van der Waals surface area contributed by atoms with Crippen LogP contribution in [0.4, 0.5) is 4.39 Å². The van der Waals surface area contributed by atoms with E-state index in [1.54, 1.807) is 34.8 Å². The van der Waals surface area contributed by atoms with Crippen LogP contribution in [0.2, 0.25) is 0 Å². The zero-order chi connectivity index (χ0) is 13.9. The van der Waals surface area contributed by atoms with Gasteiger partial charge in [0.1, 0.15) is 10.8 Å². The Morgan fingerprint density at radius 2 is 2.10 bits per heavy atom. The lowest BCUT2D eigenvalue weighted by atomic mass is 10.2.